The highest BCUT2D eigenvalue weighted by Gasteiger charge is 2.26. The zero-order valence-electron chi connectivity index (χ0n) is 12.3. The van der Waals surface area contributed by atoms with E-state index in [-0.39, 0.29) is 24.1 Å². The zero-order valence-corrected chi connectivity index (χ0v) is 12.3. The lowest BCUT2D eigenvalue weighted by Gasteiger charge is -2.24. The highest BCUT2D eigenvalue weighted by atomic mass is 16.5. The summed E-state index contributed by atoms with van der Waals surface area (Å²) in [7, 11) is 0. The normalized spacial score (nSPS) is 23.7. The first-order valence-electron chi connectivity index (χ1n) is 7.42. The monoisotopic (exact) mass is 272 g/mol. The molecule has 0 saturated carbocycles. The summed E-state index contributed by atoms with van der Waals surface area (Å²) in [6.07, 6.45) is 3.48. The van der Waals surface area contributed by atoms with Crippen LogP contribution in [0.1, 0.15) is 46.5 Å². The van der Waals surface area contributed by atoms with Crippen LogP contribution in [0.4, 0.5) is 4.79 Å². The summed E-state index contributed by atoms with van der Waals surface area (Å²) < 4.78 is 5.60. The van der Waals surface area contributed by atoms with Crippen LogP contribution in [0.15, 0.2) is 0 Å². The molecular formula is C14H28N2O3. The number of urea groups is 1. The van der Waals surface area contributed by atoms with Crippen molar-refractivity contribution < 1.29 is 14.6 Å². The van der Waals surface area contributed by atoms with Crippen molar-refractivity contribution in [1.82, 2.24) is 10.6 Å². The van der Waals surface area contributed by atoms with E-state index in [1.165, 1.54) is 0 Å². The van der Waals surface area contributed by atoms with Crippen LogP contribution in [0.25, 0.3) is 0 Å². The van der Waals surface area contributed by atoms with Crippen molar-refractivity contribution in [3.63, 3.8) is 0 Å². The Morgan fingerprint density at radius 2 is 2.16 bits per heavy atom. The van der Waals surface area contributed by atoms with Crippen LogP contribution in [-0.2, 0) is 4.74 Å². The number of rotatable bonds is 7. The average Bonchev–Trinajstić information content (AvgIpc) is 2.95. The van der Waals surface area contributed by atoms with Gasteiger partial charge < -0.3 is 20.5 Å². The van der Waals surface area contributed by atoms with Gasteiger partial charge in [0.1, 0.15) is 0 Å². The molecule has 3 N–H and O–H groups in total. The van der Waals surface area contributed by atoms with Gasteiger partial charge in [0.2, 0.25) is 0 Å². The Balaban J connectivity index is 2.28. The lowest BCUT2D eigenvalue weighted by atomic mass is 10.0. The Labute approximate surface area is 116 Å². The molecule has 2 amide bonds. The number of hydrogen-bond acceptors (Lipinski definition) is 3. The second kappa shape index (κ2) is 8.38. The van der Waals surface area contributed by atoms with Gasteiger partial charge in [-0.25, -0.2) is 4.79 Å². The van der Waals surface area contributed by atoms with Crippen molar-refractivity contribution in [2.24, 2.45) is 5.92 Å². The van der Waals surface area contributed by atoms with Crippen LogP contribution in [0.2, 0.25) is 0 Å². The molecule has 0 aromatic rings. The number of carbonyl (C=O) groups is 1. The largest absolute Gasteiger partial charge is 0.391 e. The lowest BCUT2D eigenvalue weighted by molar-refractivity contribution is 0.0786. The van der Waals surface area contributed by atoms with Gasteiger partial charge in [0.15, 0.2) is 0 Å². The van der Waals surface area contributed by atoms with E-state index < -0.39 is 6.10 Å². The molecule has 0 spiro atoms. The number of ether oxygens (including phenoxy) is 1. The van der Waals surface area contributed by atoms with Crippen LogP contribution in [0.5, 0.6) is 0 Å². The first-order chi connectivity index (χ1) is 9.08. The summed E-state index contributed by atoms with van der Waals surface area (Å²) in [5.74, 6) is 0.195. The third-order valence-corrected chi connectivity index (χ3v) is 3.94. The van der Waals surface area contributed by atoms with Crippen LogP contribution in [0, 0.1) is 5.92 Å². The summed E-state index contributed by atoms with van der Waals surface area (Å²) in [6, 6.07) is -0.159. The van der Waals surface area contributed by atoms with E-state index in [1.807, 2.05) is 20.8 Å². The van der Waals surface area contributed by atoms with Crippen LogP contribution >= 0.6 is 0 Å². The summed E-state index contributed by atoms with van der Waals surface area (Å²) in [4.78, 5) is 11.8. The lowest BCUT2D eigenvalue weighted by Crippen LogP contribution is -2.49. The van der Waals surface area contributed by atoms with E-state index in [9.17, 15) is 9.90 Å². The molecule has 1 fully saturated rings. The predicted octanol–water partition coefficient (Wildman–Crippen LogP) is 1.65. The number of aliphatic hydroxyl groups is 1. The van der Waals surface area contributed by atoms with Crippen LogP contribution < -0.4 is 10.6 Å². The highest BCUT2D eigenvalue weighted by Crippen LogP contribution is 2.17. The summed E-state index contributed by atoms with van der Waals surface area (Å²) >= 11 is 0. The second-order valence-corrected chi connectivity index (χ2v) is 5.37. The fourth-order valence-corrected chi connectivity index (χ4v) is 2.27. The maximum Gasteiger partial charge on any atom is 0.315 e. The molecule has 4 atom stereocenters. The van der Waals surface area contributed by atoms with Gasteiger partial charge >= 0.3 is 6.03 Å². The molecule has 1 aliphatic heterocycles. The average molecular weight is 272 g/mol. The van der Waals surface area contributed by atoms with Gasteiger partial charge in [0, 0.05) is 13.2 Å². The quantitative estimate of drug-likeness (QED) is 0.660. The highest BCUT2D eigenvalue weighted by molar-refractivity contribution is 5.74. The van der Waals surface area contributed by atoms with Gasteiger partial charge in [-0.3, -0.25) is 0 Å². The molecule has 5 heteroatoms. The van der Waals surface area contributed by atoms with E-state index >= 15 is 0 Å². The fourth-order valence-electron chi connectivity index (χ4n) is 2.27. The van der Waals surface area contributed by atoms with Gasteiger partial charge in [-0.1, -0.05) is 27.2 Å². The summed E-state index contributed by atoms with van der Waals surface area (Å²) in [5, 5.41) is 15.5. The van der Waals surface area contributed by atoms with Crippen molar-refractivity contribution >= 4 is 6.03 Å². The van der Waals surface area contributed by atoms with Crippen molar-refractivity contribution in [3.05, 3.63) is 0 Å². The number of hydrogen-bond donors (Lipinski definition) is 3. The van der Waals surface area contributed by atoms with Gasteiger partial charge in [-0.2, -0.15) is 0 Å². The third kappa shape index (κ3) is 5.37. The number of carbonyl (C=O) groups excluding carboxylic acids is 1. The van der Waals surface area contributed by atoms with E-state index in [0.29, 0.717) is 6.54 Å². The van der Waals surface area contributed by atoms with E-state index in [2.05, 4.69) is 10.6 Å². The van der Waals surface area contributed by atoms with Crippen molar-refractivity contribution in [3.8, 4) is 0 Å². The summed E-state index contributed by atoms with van der Waals surface area (Å²) in [6.45, 7) is 7.13. The first-order valence-corrected chi connectivity index (χ1v) is 7.42. The SMILES string of the molecule is CCC(C)C(O)CNC(=O)NC(CC)C1CCCO1. The Kier molecular flexibility index (Phi) is 7.16. The van der Waals surface area contributed by atoms with Crippen molar-refractivity contribution in [2.75, 3.05) is 13.2 Å². The minimum Gasteiger partial charge on any atom is -0.391 e. The summed E-state index contributed by atoms with van der Waals surface area (Å²) in [5.41, 5.74) is 0. The Morgan fingerprint density at radius 3 is 2.68 bits per heavy atom. The standard InChI is InChI=1S/C14H28N2O3/c1-4-10(3)12(17)9-15-14(18)16-11(5-2)13-7-6-8-19-13/h10-13,17H,4-9H2,1-3H3,(H2,15,16,18). The van der Waals surface area contributed by atoms with E-state index in [4.69, 9.17) is 4.74 Å². The molecule has 1 saturated heterocycles. The maximum absolute atomic E-state index is 11.8. The van der Waals surface area contributed by atoms with E-state index in [1.54, 1.807) is 0 Å². The van der Waals surface area contributed by atoms with Crippen molar-refractivity contribution in [1.29, 1.82) is 0 Å². The number of nitrogens with one attached hydrogen (secondary N) is 2. The predicted molar refractivity (Wildman–Crippen MR) is 75.0 cm³/mol. The van der Waals surface area contributed by atoms with Gasteiger partial charge in [0.25, 0.3) is 0 Å². The maximum atomic E-state index is 11.8. The first kappa shape index (κ1) is 16.2. The Morgan fingerprint density at radius 1 is 1.42 bits per heavy atom. The Bertz CT molecular complexity index is 267. The second-order valence-electron chi connectivity index (χ2n) is 5.37. The molecule has 0 radical (unpaired) electrons. The molecule has 1 rings (SSSR count). The molecule has 4 unspecified atom stereocenters. The van der Waals surface area contributed by atoms with Gasteiger partial charge in [-0.05, 0) is 25.2 Å². The van der Waals surface area contributed by atoms with Gasteiger partial charge in [0.05, 0.1) is 18.2 Å². The molecule has 112 valence electrons. The molecule has 19 heavy (non-hydrogen) atoms. The molecular weight excluding hydrogens is 244 g/mol. The van der Waals surface area contributed by atoms with E-state index in [0.717, 1.165) is 32.3 Å². The van der Waals surface area contributed by atoms with Crippen molar-refractivity contribution in [2.45, 2.75) is 64.7 Å². The number of aliphatic hydroxyl groups excluding tert-OH is 1. The minimum absolute atomic E-state index is 0.0586. The minimum atomic E-state index is -0.487. The van der Waals surface area contributed by atoms with Crippen LogP contribution in [-0.4, -0.2) is 42.5 Å². The topological polar surface area (TPSA) is 70.6 Å². The Hall–Kier alpha value is -0.810. The molecule has 5 nitrogen and oxygen atoms in total. The number of amides is 2. The molecule has 1 aliphatic rings. The molecule has 0 bridgehead atoms. The fraction of sp³-hybridized carbons (Fsp3) is 0.929. The zero-order chi connectivity index (χ0) is 14.3. The van der Waals surface area contributed by atoms with Crippen LogP contribution in [0.3, 0.4) is 0 Å². The van der Waals surface area contributed by atoms with Gasteiger partial charge in [-0.15, -0.1) is 0 Å². The molecule has 0 aromatic carbocycles. The molecule has 0 aromatic heterocycles. The molecule has 0 aliphatic carbocycles. The smallest absolute Gasteiger partial charge is 0.315 e. The third-order valence-electron chi connectivity index (χ3n) is 3.94. The molecule has 1 heterocycles.